The van der Waals surface area contributed by atoms with E-state index in [1.165, 1.54) is 12.4 Å². The summed E-state index contributed by atoms with van der Waals surface area (Å²) in [6, 6.07) is 12.4. The van der Waals surface area contributed by atoms with Crippen LogP contribution in [0.3, 0.4) is 0 Å². The zero-order valence-electron chi connectivity index (χ0n) is 10.2. The number of carbonyl (C=O) groups is 1. The molecule has 5 heteroatoms. The van der Waals surface area contributed by atoms with Crippen LogP contribution in [0.25, 0.3) is 0 Å². The van der Waals surface area contributed by atoms with Gasteiger partial charge >= 0.3 is 0 Å². The molecule has 0 bridgehead atoms. The lowest BCUT2D eigenvalue weighted by molar-refractivity contribution is 0.0954. The van der Waals surface area contributed by atoms with Gasteiger partial charge in [-0.25, -0.2) is 5.43 Å². The van der Waals surface area contributed by atoms with Crippen LogP contribution in [-0.2, 0) is 0 Å². The van der Waals surface area contributed by atoms with Gasteiger partial charge in [-0.05, 0) is 12.1 Å². The van der Waals surface area contributed by atoms with Crippen molar-refractivity contribution in [3.05, 3.63) is 66.0 Å². The molecule has 0 aliphatic carbocycles. The monoisotopic (exact) mass is 255 g/mol. The van der Waals surface area contributed by atoms with Crippen molar-refractivity contribution in [1.82, 2.24) is 10.4 Å². The smallest absolute Gasteiger partial charge is 0.271 e. The molecule has 0 saturated carbocycles. The lowest BCUT2D eigenvalue weighted by Crippen LogP contribution is -2.21. The van der Waals surface area contributed by atoms with Crippen LogP contribution in [0.5, 0.6) is 0 Å². The van der Waals surface area contributed by atoms with Crippen LogP contribution in [0, 0.1) is 0 Å². The topological polar surface area (TPSA) is 74.6 Å². The number of hydrazone groups is 1. The molecular formula is C14H13N3O2. The Morgan fingerprint density at radius 2 is 1.79 bits per heavy atom. The zero-order valence-corrected chi connectivity index (χ0v) is 10.2. The molecule has 2 N–H and O–H groups in total. The lowest BCUT2D eigenvalue weighted by Gasteiger charge is -2.04. The van der Waals surface area contributed by atoms with E-state index < -0.39 is 0 Å². The summed E-state index contributed by atoms with van der Waals surface area (Å²) in [6.45, 7) is -0.249. The van der Waals surface area contributed by atoms with Crippen molar-refractivity contribution in [2.24, 2.45) is 5.10 Å². The zero-order chi connectivity index (χ0) is 13.5. The van der Waals surface area contributed by atoms with Crippen LogP contribution >= 0.6 is 0 Å². The van der Waals surface area contributed by atoms with Crippen molar-refractivity contribution in [1.29, 1.82) is 0 Å². The maximum absolute atomic E-state index is 11.8. The molecule has 0 aliphatic heterocycles. The molecule has 5 nitrogen and oxygen atoms in total. The maximum Gasteiger partial charge on any atom is 0.271 e. The van der Waals surface area contributed by atoms with Crippen LogP contribution in [0.1, 0.15) is 15.9 Å². The van der Waals surface area contributed by atoms with Crippen LogP contribution in [-0.4, -0.2) is 28.3 Å². The number of hydrogen-bond acceptors (Lipinski definition) is 4. The minimum atomic E-state index is -0.343. The van der Waals surface area contributed by atoms with Gasteiger partial charge in [-0.15, -0.1) is 0 Å². The quantitative estimate of drug-likeness (QED) is 0.637. The van der Waals surface area contributed by atoms with Gasteiger partial charge in [0.1, 0.15) is 0 Å². The molecule has 1 amide bonds. The molecule has 96 valence electrons. The van der Waals surface area contributed by atoms with Gasteiger partial charge in [0.15, 0.2) is 0 Å². The van der Waals surface area contributed by atoms with E-state index in [0.29, 0.717) is 11.3 Å². The number of nitrogens with zero attached hydrogens (tertiary/aromatic N) is 2. The number of benzene rings is 1. The maximum atomic E-state index is 11.8. The second-order valence-corrected chi connectivity index (χ2v) is 3.76. The van der Waals surface area contributed by atoms with Crippen molar-refractivity contribution in [3.63, 3.8) is 0 Å². The van der Waals surface area contributed by atoms with Gasteiger partial charge in [0.05, 0.1) is 12.3 Å². The molecule has 0 unspecified atom stereocenters. The van der Waals surface area contributed by atoms with Gasteiger partial charge in [0.25, 0.3) is 5.91 Å². The third kappa shape index (κ3) is 3.46. The molecule has 0 fully saturated rings. The summed E-state index contributed by atoms with van der Waals surface area (Å²) in [4.78, 5) is 15.6. The normalized spacial score (nSPS) is 11.1. The molecule has 2 rings (SSSR count). The highest BCUT2D eigenvalue weighted by Crippen LogP contribution is 2.01. The van der Waals surface area contributed by atoms with E-state index in [-0.39, 0.29) is 12.5 Å². The van der Waals surface area contributed by atoms with E-state index in [2.05, 4.69) is 15.5 Å². The number of nitrogens with one attached hydrogen (secondary N) is 1. The fraction of sp³-hybridized carbons (Fsp3) is 0.0714. The van der Waals surface area contributed by atoms with Crippen molar-refractivity contribution in [2.75, 3.05) is 6.61 Å². The highest BCUT2D eigenvalue weighted by molar-refractivity contribution is 6.02. The SMILES string of the molecule is O=C(NN=C(CO)c1ccccc1)c1ccncc1. The van der Waals surface area contributed by atoms with Crippen LogP contribution in [0.15, 0.2) is 60.0 Å². The Bertz CT molecular complexity index is 568. The second-order valence-electron chi connectivity index (χ2n) is 3.76. The number of aliphatic hydroxyl groups excluding tert-OH is 1. The number of pyridine rings is 1. The van der Waals surface area contributed by atoms with Crippen LogP contribution in [0.2, 0.25) is 0 Å². The van der Waals surface area contributed by atoms with Crippen molar-refractivity contribution < 1.29 is 9.90 Å². The van der Waals surface area contributed by atoms with Crippen LogP contribution < -0.4 is 5.43 Å². The predicted molar refractivity (Wildman–Crippen MR) is 71.8 cm³/mol. The Morgan fingerprint density at radius 1 is 1.11 bits per heavy atom. The minimum absolute atomic E-state index is 0.249. The highest BCUT2D eigenvalue weighted by atomic mass is 16.3. The molecule has 0 radical (unpaired) electrons. The first-order valence-electron chi connectivity index (χ1n) is 5.74. The predicted octanol–water partition coefficient (Wildman–Crippen LogP) is 1.21. The summed E-state index contributed by atoms with van der Waals surface area (Å²) in [5.41, 5.74) is 4.04. The standard InChI is InChI=1S/C14H13N3O2/c18-10-13(11-4-2-1-3-5-11)16-17-14(19)12-6-8-15-9-7-12/h1-9,18H,10H2,(H,17,19). The van der Waals surface area contributed by atoms with Crippen molar-refractivity contribution in [3.8, 4) is 0 Å². The van der Waals surface area contributed by atoms with E-state index >= 15 is 0 Å². The van der Waals surface area contributed by atoms with Gasteiger partial charge in [0, 0.05) is 23.5 Å². The Labute approximate surface area is 110 Å². The molecule has 1 aromatic carbocycles. The summed E-state index contributed by atoms with van der Waals surface area (Å²) >= 11 is 0. The van der Waals surface area contributed by atoms with E-state index in [9.17, 15) is 9.90 Å². The molecular weight excluding hydrogens is 242 g/mol. The number of carbonyl (C=O) groups excluding carboxylic acids is 1. The Kier molecular flexibility index (Phi) is 4.36. The molecule has 0 atom stereocenters. The summed E-state index contributed by atoms with van der Waals surface area (Å²) in [5, 5.41) is 13.2. The first-order valence-corrected chi connectivity index (χ1v) is 5.74. The third-order valence-electron chi connectivity index (χ3n) is 2.49. The first-order chi connectivity index (χ1) is 9.31. The average Bonchev–Trinajstić information content (AvgIpc) is 2.49. The molecule has 0 saturated heterocycles. The number of rotatable bonds is 4. The summed E-state index contributed by atoms with van der Waals surface area (Å²) in [7, 11) is 0. The van der Waals surface area contributed by atoms with E-state index in [1.807, 2.05) is 30.3 Å². The molecule has 1 aromatic heterocycles. The summed E-state index contributed by atoms with van der Waals surface area (Å²) in [5.74, 6) is -0.343. The molecule has 0 spiro atoms. The van der Waals surface area contributed by atoms with E-state index in [4.69, 9.17) is 0 Å². The van der Waals surface area contributed by atoms with Gasteiger partial charge in [-0.1, -0.05) is 30.3 Å². The number of aromatic nitrogens is 1. The number of aliphatic hydroxyl groups is 1. The van der Waals surface area contributed by atoms with Gasteiger partial charge in [-0.2, -0.15) is 5.10 Å². The number of amides is 1. The Morgan fingerprint density at radius 3 is 2.42 bits per heavy atom. The van der Waals surface area contributed by atoms with Gasteiger partial charge < -0.3 is 5.11 Å². The fourth-order valence-corrected chi connectivity index (χ4v) is 1.51. The lowest BCUT2D eigenvalue weighted by atomic mass is 10.1. The molecule has 19 heavy (non-hydrogen) atoms. The first kappa shape index (κ1) is 12.9. The average molecular weight is 255 g/mol. The van der Waals surface area contributed by atoms with Gasteiger partial charge in [0.2, 0.25) is 0 Å². The molecule has 2 aromatic rings. The Balaban J connectivity index is 2.11. The largest absolute Gasteiger partial charge is 0.390 e. The van der Waals surface area contributed by atoms with Crippen molar-refractivity contribution >= 4 is 11.6 Å². The molecule has 1 heterocycles. The number of hydrogen-bond donors (Lipinski definition) is 2. The Hall–Kier alpha value is -2.53. The summed E-state index contributed by atoms with van der Waals surface area (Å²) in [6.07, 6.45) is 3.06. The second kappa shape index (κ2) is 6.42. The van der Waals surface area contributed by atoms with E-state index in [0.717, 1.165) is 5.56 Å². The fourth-order valence-electron chi connectivity index (χ4n) is 1.51. The minimum Gasteiger partial charge on any atom is -0.390 e. The molecule has 0 aliphatic rings. The summed E-state index contributed by atoms with van der Waals surface area (Å²) < 4.78 is 0. The van der Waals surface area contributed by atoms with Crippen molar-refractivity contribution in [2.45, 2.75) is 0 Å². The van der Waals surface area contributed by atoms with E-state index in [1.54, 1.807) is 12.1 Å². The van der Waals surface area contributed by atoms with Gasteiger partial charge in [-0.3, -0.25) is 9.78 Å². The third-order valence-corrected chi connectivity index (χ3v) is 2.49. The van der Waals surface area contributed by atoms with Crippen LogP contribution in [0.4, 0.5) is 0 Å². The highest BCUT2D eigenvalue weighted by Gasteiger charge is 2.05.